The molecule has 1 aliphatic carbocycles. The molecule has 1 aliphatic heterocycles. The lowest BCUT2D eigenvalue weighted by molar-refractivity contribution is 0.193. The number of carbonyl (C=O) groups excluding carboxylic acids is 1. The molecule has 0 radical (unpaired) electrons. The Hall–Kier alpha value is -0.750. The first-order valence-electron chi connectivity index (χ1n) is 7.69. The number of amides is 2. The van der Waals surface area contributed by atoms with Crippen molar-refractivity contribution in [2.45, 2.75) is 56.1 Å². The lowest BCUT2D eigenvalue weighted by Gasteiger charge is -2.35. The Labute approximate surface area is 134 Å². The average molecular weight is 326 g/mol. The van der Waals surface area contributed by atoms with Crippen LogP contribution in [0, 0.1) is 0 Å². The quantitative estimate of drug-likeness (QED) is 0.923. The van der Waals surface area contributed by atoms with Gasteiger partial charge in [-0.2, -0.15) is 11.8 Å². The van der Waals surface area contributed by atoms with Gasteiger partial charge in [0.05, 0.1) is 16.7 Å². The number of urea groups is 1. The van der Waals surface area contributed by atoms with E-state index < -0.39 is 0 Å². The monoisotopic (exact) mass is 325 g/mol. The third kappa shape index (κ3) is 3.72. The largest absolute Gasteiger partial charge is 0.330 e. The van der Waals surface area contributed by atoms with Crippen molar-refractivity contribution in [2.75, 3.05) is 13.1 Å². The summed E-state index contributed by atoms with van der Waals surface area (Å²) in [7, 11) is 0. The molecule has 0 bridgehead atoms. The van der Waals surface area contributed by atoms with Crippen molar-refractivity contribution in [3.05, 3.63) is 16.1 Å². The predicted molar refractivity (Wildman–Crippen MR) is 89.1 cm³/mol. The molecule has 1 N–H and O–H groups in total. The number of aromatic nitrogens is 1. The van der Waals surface area contributed by atoms with E-state index in [0.717, 1.165) is 18.8 Å². The first-order valence-corrected chi connectivity index (χ1v) is 9.51. The van der Waals surface area contributed by atoms with Gasteiger partial charge >= 0.3 is 6.03 Å². The normalized spacial score (nSPS) is 27.5. The number of hydrogen-bond acceptors (Lipinski definition) is 4. The van der Waals surface area contributed by atoms with E-state index >= 15 is 0 Å². The predicted octanol–water partition coefficient (Wildman–Crippen LogP) is 3.62. The lowest BCUT2D eigenvalue weighted by atomic mass is 10.2. The zero-order chi connectivity index (χ0) is 15.0. The number of rotatable bonds is 3. The van der Waals surface area contributed by atoms with E-state index in [1.165, 1.54) is 17.8 Å². The molecule has 3 rings (SSSR count). The Kier molecular flexibility index (Phi) is 4.45. The van der Waals surface area contributed by atoms with Gasteiger partial charge in [-0.25, -0.2) is 9.78 Å². The van der Waals surface area contributed by atoms with Crippen LogP contribution in [0.3, 0.4) is 0 Å². The second kappa shape index (κ2) is 6.16. The summed E-state index contributed by atoms with van der Waals surface area (Å²) in [6, 6.07) is 0.0314. The topological polar surface area (TPSA) is 45.2 Å². The maximum atomic E-state index is 12.4. The molecule has 6 heteroatoms. The Morgan fingerprint density at radius 2 is 2.05 bits per heavy atom. The third-order valence-corrected chi connectivity index (χ3v) is 6.21. The molecule has 4 nitrogen and oxygen atoms in total. The summed E-state index contributed by atoms with van der Waals surface area (Å²) in [5, 5.41) is 7.45. The number of hydrogen-bond donors (Lipinski definition) is 1. The highest BCUT2D eigenvalue weighted by atomic mass is 32.2. The average Bonchev–Trinajstić information content (AvgIpc) is 3.15. The molecule has 2 fully saturated rings. The molecule has 1 aromatic rings. The van der Waals surface area contributed by atoms with E-state index in [2.05, 4.69) is 29.5 Å². The van der Waals surface area contributed by atoms with Crippen LogP contribution in [0.5, 0.6) is 0 Å². The van der Waals surface area contributed by atoms with Crippen LogP contribution in [0.25, 0.3) is 0 Å². The van der Waals surface area contributed by atoms with Crippen molar-refractivity contribution in [3.63, 3.8) is 0 Å². The van der Waals surface area contributed by atoms with Crippen LogP contribution in [0.15, 0.2) is 5.38 Å². The first kappa shape index (κ1) is 15.2. The minimum atomic E-state index is -0.0126. The Morgan fingerprint density at radius 1 is 1.38 bits per heavy atom. The number of nitrogens with one attached hydrogen (secondary N) is 1. The summed E-state index contributed by atoms with van der Waals surface area (Å²) < 4.78 is 0. The summed E-state index contributed by atoms with van der Waals surface area (Å²) in [5.41, 5.74) is 1.00. The summed E-state index contributed by atoms with van der Waals surface area (Å²) in [6.45, 7) is 8.06. The van der Waals surface area contributed by atoms with Crippen molar-refractivity contribution in [1.82, 2.24) is 15.2 Å². The second-order valence-electron chi connectivity index (χ2n) is 6.22. The Morgan fingerprint density at radius 3 is 2.67 bits per heavy atom. The minimum Gasteiger partial charge on any atom is -0.330 e. The number of nitrogens with zero attached hydrogens (tertiary/aromatic N) is 2. The van der Waals surface area contributed by atoms with Crippen LogP contribution in [0.4, 0.5) is 4.79 Å². The van der Waals surface area contributed by atoms with E-state index in [9.17, 15) is 4.79 Å². The fraction of sp³-hybridized carbons (Fsp3) is 0.733. The standard InChI is InChI=1S/C15H23N3OS2/c1-9-6-18(7-10(2)21-9)15(19)16-11(3)13-8-20-14(17-13)12-4-5-12/h8-12H,4-7H2,1-3H3,(H,16,19)/t9-,10+,11-/m1/s1. The first-order chi connectivity index (χ1) is 10.0. The summed E-state index contributed by atoms with van der Waals surface area (Å²) in [4.78, 5) is 19.0. The number of thiazole rings is 1. The Bertz CT molecular complexity index is 505. The van der Waals surface area contributed by atoms with Crippen LogP contribution >= 0.6 is 23.1 Å². The van der Waals surface area contributed by atoms with Crippen molar-refractivity contribution in [1.29, 1.82) is 0 Å². The third-order valence-electron chi connectivity index (χ3n) is 3.96. The molecule has 2 aliphatic rings. The lowest BCUT2D eigenvalue weighted by Crippen LogP contribution is -2.49. The van der Waals surface area contributed by atoms with Gasteiger partial charge in [0.25, 0.3) is 0 Å². The van der Waals surface area contributed by atoms with Crippen LogP contribution < -0.4 is 5.32 Å². The molecular formula is C15H23N3OS2. The van der Waals surface area contributed by atoms with Crippen molar-refractivity contribution < 1.29 is 4.79 Å². The maximum Gasteiger partial charge on any atom is 0.317 e. The molecule has 0 spiro atoms. The fourth-order valence-corrected chi connectivity index (χ4v) is 5.12. The van der Waals surface area contributed by atoms with E-state index in [1.807, 2.05) is 23.6 Å². The minimum absolute atomic E-state index is 0.0126. The molecule has 116 valence electrons. The van der Waals surface area contributed by atoms with Crippen LogP contribution in [0.1, 0.15) is 56.3 Å². The summed E-state index contributed by atoms with van der Waals surface area (Å²) in [5.74, 6) is 0.687. The van der Waals surface area contributed by atoms with E-state index in [1.54, 1.807) is 11.3 Å². The zero-order valence-corrected chi connectivity index (χ0v) is 14.5. The molecule has 1 saturated carbocycles. The van der Waals surface area contributed by atoms with Gasteiger partial charge in [0, 0.05) is 34.9 Å². The Balaban J connectivity index is 1.57. The second-order valence-corrected chi connectivity index (χ2v) is 8.99. The van der Waals surface area contributed by atoms with E-state index in [4.69, 9.17) is 0 Å². The molecule has 2 heterocycles. The molecular weight excluding hydrogens is 302 g/mol. The van der Waals surface area contributed by atoms with Gasteiger partial charge in [-0.05, 0) is 19.8 Å². The highest BCUT2D eigenvalue weighted by Crippen LogP contribution is 2.41. The van der Waals surface area contributed by atoms with Crippen LogP contribution in [0.2, 0.25) is 0 Å². The van der Waals surface area contributed by atoms with Crippen molar-refractivity contribution in [2.24, 2.45) is 0 Å². The molecule has 2 amide bonds. The van der Waals surface area contributed by atoms with E-state index in [-0.39, 0.29) is 12.1 Å². The molecule has 1 saturated heterocycles. The van der Waals surface area contributed by atoms with Crippen LogP contribution in [-0.2, 0) is 0 Å². The van der Waals surface area contributed by atoms with Gasteiger partial charge in [0.15, 0.2) is 0 Å². The molecule has 1 aromatic heterocycles. The van der Waals surface area contributed by atoms with Crippen LogP contribution in [-0.4, -0.2) is 39.5 Å². The van der Waals surface area contributed by atoms with Gasteiger partial charge < -0.3 is 10.2 Å². The fourth-order valence-electron chi connectivity index (χ4n) is 2.71. The molecule has 3 atom stereocenters. The van der Waals surface area contributed by atoms with Crippen molar-refractivity contribution in [3.8, 4) is 0 Å². The maximum absolute atomic E-state index is 12.4. The zero-order valence-electron chi connectivity index (χ0n) is 12.8. The molecule has 0 aromatic carbocycles. The summed E-state index contributed by atoms with van der Waals surface area (Å²) >= 11 is 3.69. The molecule has 0 unspecified atom stereocenters. The van der Waals surface area contributed by atoms with Gasteiger partial charge in [-0.3, -0.25) is 0 Å². The van der Waals surface area contributed by atoms with Gasteiger partial charge in [0.2, 0.25) is 0 Å². The SMILES string of the molecule is C[C@@H]1CN(C(=O)N[C@H](C)c2csc(C3CC3)n2)C[C@H](C)S1. The van der Waals surface area contributed by atoms with Crippen molar-refractivity contribution >= 4 is 29.1 Å². The highest BCUT2D eigenvalue weighted by molar-refractivity contribution is 8.00. The number of thioether (sulfide) groups is 1. The number of carbonyl (C=O) groups is 1. The van der Waals surface area contributed by atoms with Gasteiger partial charge in [-0.1, -0.05) is 13.8 Å². The highest BCUT2D eigenvalue weighted by Gasteiger charge is 2.29. The van der Waals surface area contributed by atoms with Gasteiger partial charge in [0.1, 0.15) is 0 Å². The van der Waals surface area contributed by atoms with E-state index in [0.29, 0.717) is 16.4 Å². The van der Waals surface area contributed by atoms with Gasteiger partial charge in [-0.15, -0.1) is 11.3 Å². The smallest absolute Gasteiger partial charge is 0.317 e. The summed E-state index contributed by atoms with van der Waals surface area (Å²) in [6.07, 6.45) is 2.55. The molecule has 21 heavy (non-hydrogen) atoms.